The molecule has 102 valence electrons. The molecule has 0 saturated heterocycles. The Hall–Kier alpha value is -0.700. The lowest BCUT2D eigenvalue weighted by Gasteiger charge is -2.23. The quantitative estimate of drug-likeness (QED) is 0.833. The topological polar surface area (TPSA) is 82.5 Å². The number of hydrogen-bond acceptors (Lipinski definition) is 5. The number of nitrogens with zero attached hydrogens (tertiary/aromatic N) is 2. The first kappa shape index (κ1) is 15.4. The lowest BCUT2D eigenvalue weighted by molar-refractivity contribution is 0.214. The highest BCUT2D eigenvalue weighted by molar-refractivity contribution is 9.10. The van der Waals surface area contributed by atoms with Crippen LogP contribution in [0, 0.1) is 0 Å². The molecule has 0 spiro atoms. The van der Waals surface area contributed by atoms with Crippen molar-refractivity contribution in [3.63, 3.8) is 0 Å². The standard InChI is InChI=1S/C10H16BrN3O3S/c1-7(6-15)14(3)18(16,17)9-4-8(11)5-13-10(9)12-2/h4-5,7,15H,6H2,1-3H3,(H,12,13). The molecule has 6 nitrogen and oxygen atoms in total. The highest BCUT2D eigenvalue weighted by atomic mass is 79.9. The van der Waals surface area contributed by atoms with Gasteiger partial charge in [0, 0.05) is 30.8 Å². The van der Waals surface area contributed by atoms with Gasteiger partial charge in [-0.25, -0.2) is 13.4 Å². The van der Waals surface area contributed by atoms with Gasteiger partial charge in [0.2, 0.25) is 10.0 Å². The van der Waals surface area contributed by atoms with E-state index in [1.165, 1.54) is 19.3 Å². The minimum absolute atomic E-state index is 0.0715. The molecule has 18 heavy (non-hydrogen) atoms. The van der Waals surface area contributed by atoms with Gasteiger partial charge < -0.3 is 10.4 Å². The average molecular weight is 338 g/mol. The van der Waals surface area contributed by atoms with Crippen molar-refractivity contribution in [1.82, 2.24) is 9.29 Å². The zero-order chi connectivity index (χ0) is 13.9. The van der Waals surface area contributed by atoms with Crippen LogP contribution >= 0.6 is 15.9 Å². The second-order valence-electron chi connectivity index (χ2n) is 3.80. The Morgan fingerprint density at radius 2 is 2.22 bits per heavy atom. The average Bonchev–Trinajstić information content (AvgIpc) is 2.36. The van der Waals surface area contributed by atoms with Crippen molar-refractivity contribution in [3.05, 3.63) is 16.7 Å². The fourth-order valence-corrected chi connectivity index (χ4v) is 3.32. The molecule has 0 aliphatic carbocycles. The van der Waals surface area contributed by atoms with Gasteiger partial charge in [-0.2, -0.15) is 4.31 Å². The number of sulfonamides is 1. The summed E-state index contributed by atoms with van der Waals surface area (Å²) in [7, 11) is -0.668. The van der Waals surface area contributed by atoms with Crippen LogP contribution in [0.1, 0.15) is 6.92 Å². The minimum atomic E-state index is -3.70. The number of anilines is 1. The molecule has 1 aromatic heterocycles. The van der Waals surface area contributed by atoms with Gasteiger partial charge in [0.25, 0.3) is 0 Å². The van der Waals surface area contributed by atoms with Crippen LogP contribution in [0.15, 0.2) is 21.6 Å². The number of aliphatic hydroxyl groups excluding tert-OH is 1. The van der Waals surface area contributed by atoms with Crippen molar-refractivity contribution < 1.29 is 13.5 Å². The second kappa shape index (κ2) is 5.96. The normalized spacial score (nSPS) is 13.7. The summed E-state index contributed by atoms with van der Waals surface area (Å²) in [5.74, 6) is 0.273. The molecule has 1 rings (SSSR count). The molecular formula is C10H16BrN3O3S. The third-order valence-corrected chi connectivity index (χ3v) is 5.02. The predicted octanol–water partition coefficient (Wildman–Crippen LogP) is 0.887. The first-order valence-electron chi connectivity index (χ1n) is 5.26. The van der Waals surface area contributed by atoms with Gasteiger partial charge in [-0.05, 0) is 28.9 Å². The lowest BCUT2D eigenvalue weighted by atomic mass is 10.4. The highest BCUT2D eigenvalue weighted by Crippen LogP contribution is 2.25. The number of aromatic nitrogens is 1. The Kier molecular flexibility index (Phi) is 5.09. The van der Waals surface area contributed by atoms with E-state index in [1.54, 1.807) is 14.0 Å². The van der Waals surface area contributed by atoms with E-state index in [0.29, 0.717) is 4.47 Å². The zero-order valence-corrected chi connectivity index (χ0v) is 12.8. The fraction of sp³-hybridized carbons (Fsp3) is 0.500. The maximum Gasteiger partial charge on any atom is 0.246 e. The summed E-state index contributed by atoms with van der Waals surface area (Å²) in [6, 6.07) is 0.980. The first-order chi connectivity index (χ1) is 8.34. The Bertz CT molecular complexity index is 521. The van der Waals surface area contributed by atoms with Crippen LogP contribution in [-0.4, -0.2) is 49.6 Å². The van der Waals surface area contributed by atoms with Gasteiger partial charge in [0.05, 0.1) is 6.61 Å². The van der Waals surface area contributed by atoms with Crippen molar-refractivity contribution in [2.45, 2.75) is 17.9 Å². The minimum Gasteiger partial charge on any atom is -0.395 e. The number of hydrogen-bond donors (Lipinski definition) is 2. The molecular weight excluding hydrogens is 322 g/mol. The number of rotatable bonds is 5. The van der Waals surface area contributed by atoms with Crippen molar-refractivity contribution in [2.75, 3.05) is 26.0 Å². The summed E-state index contributed by atoms with van der Waals surface area (Å²) in [6.07, 6.45) is 1.51. The van der Waals surface area contributed by atoms with E-state index >= 15 is 0 Å². The summed E-state index contributed by atoms with van der Waals surface area (Å²) in [5.41, 5.74) is 0. The lowest BCUT2D eigenvalue weighted by Crippen LogP contribution is -2.37. The van der Waals surface area contributed by atoms with Crippen LogP contribution in [-0.2, 0) is 10.0 Å². The largest absolute Gasteiger partial charge is 0.395 e. The third kappa shape index (κ3) is 3.00. The Morgan fingerprint density at radius 1 is 1.61 bits per heavy atom. The van der Waals surface area contributed by atoms with Crippen molar-refractivity contribution in [2.24, 2.45) is 0 Å². The van der Waals surface area contributed by atoms with Crippen LogP contribution in [0.25, 0.3) is 0 Å². The van der Waals surface area contributed by atoms with Gasteiger partial charge in [-0.1, -0.05) is 0 Å². The molecule has 0 amide bonds. The summed E-state index contributed by atoms with van der Waals surface area (Å²) >= 11 is 3.20. The molecule has 0 aromatic carbocycles. The van der Waals surface area contributed by atoms with Crippen molar-refractivity contribution in [3.8, 4) is 0 Å². The molecule has 1 aromatic rings. The van der Waals surface area contributed by atoms with Crippen LogP contribution in [0.2, 0.25) is 0 Å². The molecule has 1 heterocycles. The molecule has 8 heteroatoms. The van der Waals surface area contributed by atoms with E-state index < -0.39 is 16.1 Å². The van der Waals surface area contributed by atoms with E-state index in [9.17, 15) is 8.42 Å². The highest BCUT2D eigenvalue weighted by Gasteiger charge is 2.28. The van der Waals surface area contributed by atoms with Crippen LogP contribution in [0.3, 0.4) is 0 Å². The summed E-state index contributed by atoms with van der Waals surface area (Å²) in [4.78, 5) is 4.08. The van der Waals surface area contributed by atoms with E-state index in [2.05, 4.69) is 26.2 Å². The summed E-state index contributed by atoms with van der Waals surface area (Å²) in [5, 5.41) is 11.8. The number of halogens is 1. The molecule has 0 fully saturated rings. The second-order valence-corrected chi connectivity index (χ2v) is 6.68. The van der Waals surface area contributed by atoms with Gasteiger partial charge in [-0.3, -0.25) is 0 Å². The van der Waals surface area contributed by atoms with Gasteiger partial charge >= 0.3 is 0 Å². The monoisotopic (exact) mass is 337 g/mol. The van der Waals surface area contributed by atoms with Crippen LogP contribution < -0.4 is 5.32 Å². The Balaban J connectivity index is 3.31. The predicted molar refractivity (Wildman–Crippen MR) is 73.0 cm³/mol. The maximum atomic E-state index is 12.4. The van der Waals surface area contributed by atoms with Gasteiger partial charge in [0.15, 0.2) is 0 Å². The summed E-state index contributed by atoms with van der Waals surface area (Å²) in [6.45, 7) is 1.38. The van der Waals surface area contributed by atoms with Gasteiger partial charge in [0.1, 0.15) is 10.7 Å². The summed E-state index contributed by atoms with van der Waals surface area (Å²) < 4.78 is 26.5. The van der Waals surface area contributed by atoms with E-state index in [0.717, 1.165) is 4.31 Å². The number of pyridine rings is 1. The van der Waals surface area contributed by atoms with E-state index in [-0.39, 0.29) is 17.3 Å². The van der Waals surface area contributed by atoms with Crippen molar-refractivity contribution in [1.29, 1.82) is 0 Å². The zero-order valence-electron chi connectivity index (χ0n) is 10.4. The first-order valence-corrected chi connectivity index (χ1v) is 7.50. The molecule has 0 bridgehead atoms. The molecule has 0 aliphatic rings. The molecule has 1 unspecified atom stereocenters. The van der Waals surface area contributed by atoms with Crippen LogP contribution in [0.4, 0.5) is 5.82 Å². The molecule has 0 radical (unpaired) electrons. The van der Waals surface area contributed by atoms with Gasteiger partial charge in [-0.15, -0.1) is 0 Å². The Morgan fingerprint density at radius 3 is 2.72 bits per heavy atom. The smallest absolute Gasteiger partial charge is 0.246 e. The molecule has 1 atom stereocenters. The fourth-order valence-electron chi connectivity index (χ4n) is 1.31. The molecule has 2 N–H and O–H groups in total. The molecule has 0 saturated carbocycles. The Labute approximate surface area is 115 Å². The van der Waals surface area contributed by atoms with E-state index in [4.69, 9.17) is 5.11 Å². The maximum absolute atomic E-state index is 12.4. The number of nitrogens with one attached hydrogen (secondary N) is 1. The third-order valence-electron chi connectivity index (χ3n) is 2.60. The van der Waals surface area contributed by atoms with E-state index in [1.807, 2.05) is 0 Å². The number of likely N-dealkylation sites (N-methyl/N-ethyl adjacent to an activating group) is 1. The number of aliphatic hydroxyl groups is 1. The molecule has 0 aliphatic heterocycles. The van der Waals surface area contributed by atoms with Crippen LogP contribution in [0.5, 0.6) is 0 Å². The van der Waals surface area contributed by atoms with Crippen molar-refractivity contribution >= 4 is 31.8 Å². The SMILES string of the molecule is CNc1ncc(Br)cc1S(=O)(=O)N(C)C(C)CO.